The number of benzene rings is 1. The van der Waals surface area contributed by atoms with Crippen LogP contribution in [0, 0.1) is 11.8 Å². The van der Waals surface area contributed by atoms with E-state index in [4.69, 9.17) is 9.47 Å². The van der Waals surface area contributed by atoms with Gasteiger partial charge >= 0.3 is 0 Å². The van der Waals surface area contributed by atoms with Crippen molar-refractivity contribution in [1.29, 1.82) is 0 Å². The van der Waals surface area contributed by atoms with Gasteiger partial charge in [0.05, 0.1) is 7.11 Å². The fourth-order valence-corrected chi connectivity index (χ4v) is 3.82. The molecule has 0 unspecified atom stereocenters. The Morgan fingerprint density at radius 3 is 2.58 bits per heavy atom. The van der Waals surface area contributed by atoms with Crippen LogP contribution in [0.4, 0.5) is 0 Å². The molecule has 0 bridgehead atoms. The number of carbonyl (C=O) groups excluding carboxylic acids is 1. The molecule has 2 aliphatic rings. The Morgan fingerprint density at radius 1 is 1.27 bits per heavy atom. The number of halogens is 1. The Morgan fingerprint density at radius 2 is 1.96 bits per heavy atom. The van der Waals surface area contributed by atoms with Crippen molar-refractivity contribution in [2.75, 3.05) is 39.9 Å². The van der Waals surface area contributed by atoms with Gasteiger partial charge in [-0.3, -0.25) is 4.79 Å². The van der Waals surface area contributed by atoms with E-state index in [1.807, 2.05) is 29.2 Å². The van der Waals surface area contributed by atoms with Crippen molar-refractivity contribution in [1.82, 2.24) is 10.2 Å². The van der Waals surface area contributed by atoms with Crippen molar-refractivity contribution in [2.45, 2.75) is 19.3 Å². The van der Waals surface area contributed by atoms with Crippen LogP contribution in [0.3, 0.4) is 0 Å². The highest BCUT2D eigenvalue weighted by Crippen LogP contribution is 2.29. The van der Waals surface area contributed by atoms with Crippen LogP contribution >= 0.6 is 12.4 Å². The molecule has 5 nitrogen and oxygen atoms in total. The van der Waals surface area contributed by atoms with E-state index in [1.165, 1.54) is 0 Å². The standard InChI is InChI=1S/C20H28N2O3.ClH/c1-3-4-15-5-6-18(19(11-15)24-2)25-14-20(23)22-9-7-16-12-21-13-17(16)8-10-22;/h3,5-6,11,16-17,21H,1,4,7-10,12-14H2,2H3;1H/t16-,17+;. The summed E-state index contributed by atoms with van der Waals surface area (Å²) in [5.74, 6) is 2.76. The van der Waals surface area contributed by atoms with Crippen molar-refractivity contribution >= 4 is 18.3 Å². The number of allylic oxidation sites excluding steroid dienone is 1. The van der Waals surface area contributed by atoms with Crippen molar-refractivity contribution in [2.24, 2.45) is 11.8 Å². The first-order valence-corrected chi connectivity index (χ1v) is 9.10. The first kappa shape index (κ1) is 20.6. The lowest BCUT2D eigenvalue weighted by Crippen LogP contribution is -2.36. The number of likely N-dealkylation sites (tertiary alicyclic amines) is 1. The van der Waals surface area contributed by atoms with Gasteiger partial charge in [-0.25, -0.2) is 0 Å². The number of nitrogens with zero attached hydrogens (tertiary/aromatic N) is 1. The predicted molar refractivity (Wildman–Crippen MR) is 105 cm³/mol. The molecule has 0 saturated carbocycles. The highest BCUT2D eigenvalue weighted by atomic mass is 35.5. The molecule has 2 atom stereocenters. The number of fused-ring (bicyclic) bond motifs is 1. The molecular weight excluding hydrogens is 352 g/mol. The van der Waals surface area contributed by atoms with Crippen molar-refractivity contribution in [3.05, 3.63) is 36.4 Å². The number of hydrogen-bond donors (Lipinski definition) is 1. The fraction of sp³-hybridized carbons (Fsp3) is 0.550. The normalized spacial score (nSPS) is 22.0. The molecule has 3 rings (SSSR count). The van der Waals surface area contributed by atoms with Crippen LogP contribution in [0.5, 0.6) is 11.5 Å². The maximum absolute atomic E-state index is 12.5. The van der Waals surface area contributed by atoms with Gasteiger partial charge in [-0.1, -0.05) is 12.1 Å². The molecular formula is C20H29ClN2O3. The largest absolute Gasteiger partial charge is 0.493 e. The second-order valence-electron chi connectivity index (χ2n) is 6.90. The molecule has 1 aromatic rings. The molecule has 1 aromatic carbocycles. The molecule has 2 saturated heterocycles. The van der Waals surface area contributed by atoms with E-state index in [1.54, 1.807) is 7.11 Å². The van der Waals surface area contributed by atoms with Gasteiger partial charge in [-0.05, 0) is 61.9 Å². The summed E-state index contributed by atoms with van der Waals surface area (Å²) in [5, 5.41) is 3.46. The van der Waals surface area contributed by atoms with Gasteiger partial charge in [0, 0.05) is 13.1 Å². The van der Waals surface area contributed by atoms with E-state index in [0.29, 0.717) is 11.5 Å². The van der Waals surface area contributed by atoms with Crippen LogP contribution < -0.4 is 14.8 Å². The molecule has 144 valence electrons. The van der Waals surface area contributed by atoms with Crippen LogP contribution in [0.25, 0.3) is 0 Å². The summed E-state index contributed by atoms with van der Waals surface area (Å²) in [6.45, 7) is 7.66. The molecule has 0 aliphatic carbocycles. The van der Waals surface area contributed by atoms with Gasteiger partial charge in [0.15, 0.2) is 18.1 Å². The highest BCUT2D eigenvalue weighted by Gasteiger charge is 2.31. The van der Waals surface area contributed by atoms with E-state index in [0.717, 1.165) is 62.8 Å². The van der Waals surface area contributed by atoms with E-state index in [2.05, 4.69) is 11.9 Å². The van der Waals surface area contributed by atoms with Crippen LogP contribution in [-0.4, -0.2) is 50.7 Å². The molecule has 2 fully saturated rings. The zero-order valence-corrected chi connectivity index (χ0v) is 16.2. The number of amides is 1. The Bertz CT molecular complexity index is 609. The van der Waals surface area contributed by atoms with Gasteiger partial charge in [0.2, 0.25) is 0 Å². The monoisotopic (exact) mass is 380 g/mol. The number of rotatable bonds is 6. The lowest BCUT2D eigenvalue weighted by atomic mass is 9.92. The first-order valence-electron chi connectivity index (χ1n) is 9.10. The van der Waals surface area contributed by atoms with Gasteiger partial charge in [0.1, 0.15) is 0 Å². The SMILES string of the molecule is C=CCc1ccc(OCC(=O)N2CC[C@@H]3CNC[C@@H]3CC2)c(OC)c1.Cl. The van der Waals surface area contributed by atoms with Crippen LogP contribution in [0.2, 0.25) is 0 Å². The summed E-state index contributed by atoms with van der Waals surface area (Å²) in [6.07, 6.45) is 4.80. The zero-order valence-electron chi connectivity index (χ0n) is 15.4. The summed E-state index contributed by atoms with van der Waals surface area (Å²) < 4.78 is 11.1. The molecule has 2 heterocycles. The van der Waals surface area contributed by atoms with E-state index >= 15 is 0 Å². The number of methoxy groups -OCH3 is 1. The molecule has 26 heavy (non-hydrogen) atoms. The molecule has 1 amide bonds. The minimum atomic E-state index is 0. The van der Waals surface area contributed by atoms with Crippen molar-refractivity contribution in [3.63, 3.8) is 0 Å². The lowest BCUT2D eigenvalue weighted by Gasteiger charge is -2.21. The second kappa shape index (κ2) is 9.83. The maximum Gasteiger partial charge on any atom is 0.260 e. The Balaban J connectivity index is 0.00000243. The topological polar surface area (TPSA) is 50.8 Å². The number of ether oxygens (including phenoxy) is 2. The van der Waals surface area contributed by atoms with Gasteiger partial charge in [-0.15, -0.1) is 19.0 Å². The Labute approximate surface area is 162 Å². The highest BCUT2D eigenvalue weighted by molar-refractivity contribution is 5.85. The van der Waals surface area contributed by atoms with Crippen molar-refractivity contribution in [3.8, 4) is 11.5 Å². The van der Waals surface area contributed by atoms with E-state index < -0.39 is 0 Å². The minimum absolute atomic E-state index is 0. The summed E-state index contributed by atoms with van der Waals surface area (Å²) in [5.41, 5.74) is 1.11. The molecule has 0 radical (unpaired) electrons. The average molecular weight is 381 g/mol. The number of hydrogen-bond acceptors (Lipinski definition) is 4. The Hall–Kier alpha value is -1.72. The van der Waals surface area contributed by atoms with Gasteiger partial charge in [0.25, 0.3) is 5.91 Å². The molecule has 1 N–H and O–H groups in total. The maximum atomic E-state index is 12.5. The average Bonchev–Trinajstić information content (AvgIpc) is 2.98. The fourth-order valence-electron chi connectivity index (χ4n) is 3.82. The molecule has 2 aliphatic heterocycles. The van der Waals surface area contributed by atoms with E-state index in [-0.39, 0.29) is 24.9 Å². The second-order valence-corrected chi connectivity index (χ2v) is 6.90. The minimum Gasteiger partial charge on any atom is -0.493 e. The zero-order chi connectivity index (χ0) is 17.6. The van der Waals surface area contributed by atoms with Crippen LogP contribution in [0.15, 0.2) is 30.9 Å². The predicted octanol–water partition coefficient (Wildman–Crippen LogP) is 2.68. The van der Waals surface area contributed by atoms with Crippen LogP contribution in [0.1, 0.15) is 18.4 Å². The summed E-state index contributed by atoms with van der Waals surface area (Å²) in [4.78, 5) is 14.5. The lowest BCUT2D eigenvalue weighted by molar-refractivity contribution is -0.133. The van der Waals surface area contributed by atoms with Crippen LogP contribution in [-0.2, 0) is 11.2 Å². The Kier molecular flexibility index (Phi) is 7.79. The molecule has 0 aromatic heterocycles. The van der Waals surface area contributed by atoms with Gasteiger partial charge in [-0.2, -0.15) is 0 Å². The van der Waals surface area contributed by atoms with Crippen molar-refractivity contribution < 1.29 is 14.3 Å². The first-order chi connectivity index (χ1) is 12.2. The molecule has 0 spiro atoms. The third kappa shape index (κ3) is 4.92. The number of nitrogens with one attached hydrogen (secondary N) is 1. The quantitative estimate of drug-likeness (QED) is 0.771. The summed E-state index contributed by atoms with van der Waals surface area (Å²) in [7, 11) is 1.61. The van der Waals surface area contributed by atoms with Gasteiger partial charge < -0.3 is 19.7 Å². The third-order valence-electron chi connectivity index (χ3n) is 5.33. The number of carbonyl (C=O) groups is 1. The van der Waals surface area contributed by atoms with E-state index in [9.17, 15) is 4.79 Å². The summed E-state index contributed by atoms with van der Waals surface area (Å²) in [6, 6.07) is 5.77. The third-order valence-corrected chi connectivity index (χ3v) is 5.33. The smallest absolute Gasteiger partial charge is 0.260 e. The molecule has 6 heteroatoms. The summed E-state index contributed by atoms with van der Waals surface area (Å²) >= 11 is 0.